The summed E-state index contributed by atoms with van der Waals surface area (Å²) in [6.45, 7) is 4.75. The number of benzene rings is 1. The van der Waals surface area contributed by atoms with Gasteiger partial charge in [0.2, 0.25) is 0 Å². The second-order valence-electron chi connectivity index (χ2n) is 7.05. The number of morpholine rings is 1. The maximum atomic E-state index is 9.10. The Hall–Kier alpha value is -3.27. The lowest BCUT2D eigenvalue weighted by Gasteiger charge is -2.32. The molecule has 2 aromatic heterocycles. The summed E-state index contributed by atoms with van der Waals surface area (Å²) >= 11 is 0. The van der Waals surface area contributed by atoms with Crippen molar-refractivity contribution >= 4 is 23.0 Å². The zero-order valence-corrected chi connectivity index (χ0v) is 16.9. The van der Waals surface area contributed by atoms with Crippen LogP contribution in [-0.4, -0.2) is 69.4 Å². The molecule has 3 heterocycles. The van der Waals surface area contributed by atoms with Crippen LogP contribution in [0.2, 0.25) is 0 Å². The summed E-state index contributed by atoms with van der Waals surface area (Å²) in [6, 6.07) is 14.4. The van der Waals surface area contributed by atoms with Gasteiger partial charge in [-0.15, -0.1) is 0 Å². The van der Waals surface area contributed by atoms with Gasteiger partial charge in [0.15, 0.2) is 0 Å². The number of nitrogens with one attached hydrogen (secondary N) is 1. The fourth-order valence-corrected chi connectivity index (χ4v) is 3.29. The van der Waals surface area contributed by atoms with Crippen LogP contribution in [-0.2, 0) is 32.2 Å². The molecule has 3 aromatic rings. The molecule has 0 radical (unpaired) electrons. The van der Waals surface area contributed by atoms with Crippen molar-refractivity contribution in [2.24, 2.45) is 0 Å². The maximum Gasteiger partial charge on any atom is 0.414 e. The standard InChI is InChI=1S/C20H23N3O2.C2H2O4/c1-2-5-16(6-3-1)14-24-15-18-13-23(9-10-25-18)12-17-11-22-20-19(17)7-4-8-21-20;3-1(4)2(5)6/h1-8,11,18H,9-10,12-15H2,(H,21,22);(H,3,4)(H,5,6)/t18-;/m0./s1. The predicted octanol–water partition coefficient (Wildman–Crippen LogP) is 2.14. The highest BCUT2D eigenvalue weighted by Crippen LogP contribution is 2.19. The molecule has 1 fully saturated rings. The van der Waals surface area contributed by atoms with Gasteiger partial charge in [0.25, 0.3) is 0 Å². The Morgan fingerprint density at radius 1 is 1.16 bits per heavy atom. The van der Waals surface area contributed by atoms with E-state index in [2.05, 4.69) is 39.3 Å². The molecule has 0 saturated carbocycles. The number of nitrogens with zero attached hydrogens (tertiary/aromatic N) is 2. The molecule has 4 rings (SSSR count). The lowest BCUT2D eigenvalue weighted by molar-refractivity contribution is -0.159. The zero-order valence-electron chi connectivity index (χ0n) is 16.9. The number of hydrogen-bond donors (Lipinski definition) is 3. The van der Waals surface area contributed by atoms with Gasteiger partial charge < -0.3 is 24.7 Å². The van der Waals surface area contributed by atoms with E-state index in [1.54, 1.807) is 0 Å². The number of pyridine rings is 1. The highest BCUT2D eigenvalue weighted by Gasteiger charge is 2.21. The van der Waals surface area contributed by atoms with Crippen molar-refractivity contribution < 1.29 is 29.3 Å². The van der Waals surface area contributed by atoms with E-state index in [0.29, 0.717) is 13.2 Å². The van der Waals surface area contributed by atoms with Crippen LogP contribution in [0.1, 0.15) is 11.1 Å². The average Bonchev–Trinajstić information content (AvgIpc) is 3.18. The van der Waals surface area contributed by atoms with Crippen molar-refractivity contribution in [1.82, 2.24) is 14.9 Å². The maximum absolute atomic E-state index is 9.10. The molecule has 0 unspecified atom stereocenters. The average molecular weight is 427 g/mol. The van der Waals surface area contributed by atoms with Gasteiger partial charge in [0, 0.05) is 37.4 Å². The Morgan fingerprint density at radius 3 is 2.68 bits per heavy atom. The molecule has 31 heavy (non-hydrogen) atoms. The van der Waals surface area contributed by atoms with Crippen LogP contribution in [0.15, 0.2) is 54.9 Å². The first-order valence-corrected chi connectivity index (χ1v) is 9.85. The number of aromatic amines is 1. The first-order valence-electron chi connectivity index (χ1n) is 9.85. The zero-order chi connectivity index (χ0) is 22.1. The molecule has 3 N–H and O–H groups in total. The highest BCUT2D eigenvalue weighted by atomic mass is 16.5. The lowest BCUT2D eigenvalue weighted by Crippen LogP contribution is -2.43. The smallest absolute Gasteiger partial charge is 0.414 e. The summed E-state index contributed by atoms with van der Waals surface area (Å²) in [4.78, 5) is 28.2. The molecule has 9 heteroatoms. The van der Waals surface area contributed by atoms with E-state index in [1.165, 1.54) is 16.5 Å². The van der Waals surface area contributed by atoms with Crippen LogP contribution < -0.4 is 0 Å². The Bertz CT molecular complexity index is 979. The Kier molecular flexibility index (Phi) is 8.11. The Labute approximate surface area is 179 Å². The third kappa shape index (κ3) is 6.88. The van der Waals surface area contributed by atoms with Crippen LogP contribution in [0.3, 0.4) is 0 Å². The second-order valence-corrected chi connectivity index (χ2v) is 7.05. The van der Waals surface area contributed by atoms with Crippen LogP contribution >= 0.6 is 0 Å². The molecule has 1 atom stereocenters. The fourth-order valence-electron chi connectivity index (χ4n) is 3.29. The molecule has 9 nitrogen and oxygen atoms in total. The number of H-pyrrole nitrogens is 1. The van der Waals surface area contributed by atoms with Crippen molar-refractivity contribution in [2.75, 3.05) is 26.3 Å². The van der Waals surface area contributed by atoms with Gasteiger partial charge in [-0.1, -0.05) is 30.3 Å². The number of carboxylic acids is 2. The van der Waals surface area contributed by atoms with Crippen molar-refractivity contribution in [3.63, 3.8) is 0 Å². The van der Waals surface area contributed by atoms with Crippen LogP contribution in [0.25, 0.3) is 11.0 Å². The molecule has 0 spiro atoms. The predicted molar refractivity (Wildman–Crippen MR) is 112 cm³/mol. The third-order valence-electron chi connectivity index (χ3n) is 4.75. The van der Waals surface area contributed by atoms with Gasteiger partial charge in [0.1, 0.15) is 5.65 Å². The number of hydrogen-bond acceptors (Lipinski definition) is 6. The minimum Gasteiger partial charge on any atom is -0.473 e. The van der Waals surface area contributed by atoms with Crippen LogP contribution in [0, 0.1) is 0 Å². The van der Waals surface area contributed by atoms with Gasteiger partial charge in [-0.2, -0.15) is 0 Å². The number of aliphatic carboxylic acids is 2. The topological polar surface area (TPSA) is 125 Å². The van der Waals surface area contributed by atoms with E-state index in [0.717, 1.165) is 31.9 Å². The van der Waals surface area contributed by atoms with E-state index in [9.17, 15) is 0 Å². The number of carboxylic acid groups (broad SMARTS) is 2. The molecule has 1 aromatic carbocycles. The summed E-state index contributed by atoms with van der Waals surface area (Å²) in [6.07, 6.45) is 4.01. The number of carbonyl (C=O) groups is 2. The number of ether oxygens (including phenoxy) is 2. The molecule has 1 aliphatic heterocycles. The molecular weight excluding hydrogens is 402 g/mol. The minimum absolute atomic E-state index is 0.126. The molecule has 0 bridgehead atoms. The van der Waals surface area contributed by atoms with E-state index < -0.39 is 11.9 Å². The minimum atomic E-state index is -1.82. The largest absolute Gasteiger partial charge is 0.473 e. The SMILES string of the molecule is O=C(O)C(=O)O.c1ccc(COC[C@@H]2CN(Cc3c[nH]c4ncccc34)CCO2)cc1. The monoisotopic (exact) mass is 427 g/mol. The molecule has 0 amide bonds. The van der Waals surface area contributed by atoms with E-state index in [4.69, 9.17) is 29.3 Å². The number of aromatic nitrogens is 2. The van der Waals surface area contributed by atoms with Gasteiger partial charge >= 0.3 is 11.9 Å². The molecule has 1 saturated heterocycles. The van der Waals surface area contributed by atoms with Gasteiger partial charge in [0.05, 0.1) is 25.9 Å². The van der Waals surface area contributed by atoms with Crippen molar-refractivity contribution in [1.29, 1.82) is 0 Å². The fraction of sp³-hybridized carbons (Fsp3) is 0.318. The molecule has 1 aliphatic rings. The van der Waals surface area contributed by atoms with E-state index in [1.807, 2.05) is 30.5 Å². The summed E-state index contributed by atoms with van der Waals surface area (Å²) in [5.41, 5.74) is 3.43. The van der Waals surface area contributed by atoms with Crippen molar-refractivity contribution in [3.05, 3.63) is 66.0 Å². The quantitative estimate of drug-likeness (QED) is 0.511. The Balaban J connectivity index is 0.000000401. The van der Waals surface area contributed by atoms with Gasteiger partial charge in [-0.05, 0) is 23.3 Å². The summed E-state index contributed by atoms with van der Waals surface area (Å²) < 4.78 is 11.7. The summed E-state index contributed by atoms with van der Waals surface area (Å²) in [5, 5.41) is 16.0. The van der Waals surface area contributed by atoms with Gasteiger partial charge in [-0.25, -0.2) is 14.6 Å². The van der Waals surface area contributed by atoms with Crippen LogP contribution in [0.5, 0.6) is 0 Å². The van der Waals surface area contributed by atoms with Gasteiger partial charge in [-0.3, -0.25) is 4.90 Å². The van der Waals surface area contributed by atoms with E-state index >= 15 is 0 Å². The van der Waals surface area contributed by atoms with E-state index in [-0.39, 0.29) is 6.10 Å². The summed E-state index contributed by atoms with van der Waals surface area (Å²) in [7, 11) is 0. The first-order chi connectivity index (χ1) is 15.0. The molecule has 164 valence electrons. The Morgan fingerprint density at radius 2 is 1.94 bits per heavy atom. The van der Waals surface area contributed by atoms with Crippen molar-refractivity contribution in [2.45, 2.75) is 19.3 Å². The lowest BCUT2D eigenvalue weighted by atomic mass is 10.2. The second kappa shape index (κ2) is 11.2. The molecular formula is C22H25N3O6. The van der Waals surface area contributed by atoms with Crippen molar-refractivity contribution in [3.8, 4) is 0 Å². The first kappa shape index (κ1) is 22.4. The number of rotatable bonds is 6. The normalized spacial score (nSPS) is 16.5. The molecule has 0 aliphatic carbocycles. The summed E-state index contributed by atoms with van der Waals surface area (Å²) in [5.74, 6) is -3.65. The number of fused-ring (bicyclic) bond motifs is 1. The highest BCUT2D eigenvalue weighted by molar-refractivity contribution is 6.27. The third-order valence-corrected chi connectivity index (χ3v) is 4.75. The van der Waals surface area contributed by atoms with Crippen LogP contribution in [0.4, 0.5) is 0 Å².